The van der Waals surface area contributed by atoms with E-state index in [9.17, 15) is 0 Å². The Morgan fingerprint density at radius 1 is 0.323 bits per heavy atom. The van der Waals surface area contributed by atoms with Gasteiger partial charge in [0.25, 0.3) is 0 Å². The summed E-state index contributed by atoms with van der Waals surface area (Å²) in [6.45, 7) is 0. The fraction of sp³-hybridized carbons (Fsp3) is 0.0169. The second-order valence-electron chi connectivity index (χ2n) is 16.4. The summed E-state index contributed by atoms with van der Waals surface area (Å²) in [7, 11) is 0. The second kappa shape index (κ2) is 13.4. The SMILES string of the molecule is c1ccc(N(c2ccc3c(c2)C2(c4ccccc4-3)c3ccccc3-c3c(N(c4ccccc4)c4cccc5c4oc4ccccc45)cccc32)c2cccc3ccccc23)cc1. The van der Waals surface area contributed by atoms with E-state index in [0.29, 0.717) is 0 Å². The van der Waals surface area contributed by atoms with Crippen LogP contribution >= 0.6 is 0 Å². The van der Waals surface area contributed by atoms with Gasteiger partial charge in [-0.05, 0) is 105 Å². The zero-order valence-corrected chi connectivity index (χ0v) is 33.7. The highest BCUT2D eigenvalue weighted by molar-refractivity contribution is 6.11. The molecule has 2 aliphatic carbocycles. The van der Waals surface area contributed by atoms with Crippen LogP contribution in [-0.4, -0.2) is 0 Å². The van der Waals surface area contributed by atoms with Gasteiger partial charge in [0.05, 0.1) is 22.5 Å². The molecule has 290 valence electrons. The lowest BCUT2D eigenvalue weighted by Gasteiger charge is -2.33. The fourth-order valence-electron chi connectivity index (χ4n) is 10.8. The first-order valence-electron chi connectivity index (χ1n) is 21.4. The molecule has 1 atom stereocenters. The molecule has 13 rings (SSSR count). The smallest absolute Gasteiger partial charge is 0.159 e. The van der Waals surface area contributed by atoms with Crippen molar-refractivity contribution in [3.63, 3.8) is 0 Å². The Balaban J connectivity index is 1.10. The molecule has 0 amide bonds. The highest BCUT2D eigenvalue weighted by Crippen LogP contribution is 2.65. The van der Waals surface area contributed by atoms with E-state index >= 15 is 0 Å². The van der Waals surface area contributed by atoms with Gasteiger partial charge in [0.1, 0.15) is 5.58 Å². The van der Waals surface area contributed by atoms with Crippen molar-refractivity contribution < 1.29 is 4.42 Å². The van der Waals surface area contributed by atoms with Gasteiger partial charge >= 0.3 is 0 Å². The summed E-state index contributed by atoms with van der Waals surface area (Å²) in [4.78, 5) is 4.85. The summed E-state index contributed by atoms with van der Waals surface area (Å²) in [6.07, 6.45) is 0. The molecule has 1 spiro atoms. The zero-order chi connectivity index (χ0) is 40.8. The quantitative estimate of drug-likeness (QED) is 0.167. The number of hydrogen-bond acceptors (Lipinski definition) is 3. The van der Waals surface area contributed by atoms with Gasteiger partial charge in [0.2, 0.25) is 0 Å². The number of fused-ring (bicyclic) bond motifs is 14. The Hall–Kier alpha value is -8.14. The van der Waals surface area contributed by atoms with Crippen LogP contribution in [0.5, 0.6) is 0 Å². The van der Waals surface area contributed by atoms with Crippen LogP contribution in [0.15, 0.2) is 235 Å². The maximum absolute atomic E-state index is 6.77. The molecule has 0 bridgehead atoms. The third-order valence-corrected chi connectivity index (χ3v) is 13.2. The van der Waals surface area contributed by atoms with E-state index in [-0.39, 0.29) is 0 Å². The molecule has 1 aromatic heterocycles. The van der Waals surface area contributed by atoms with E-state index in [1.165, 1.54) is 55.3 Å². The maximum atomic E-state index is 6.77. The largest absolute Gasteiger partial charge is 0.454 e. The van der Waals surface area contributed by atoms with Crippen LogP contribution in [0.25, 0.3) is 55.0 Å². The first-order valence-corrected chi connectivity index (χ1v) is 21.4. The first kappa shape index (κ1) is 34.7. The topological polar surface area (TPSA) is 19.6 Å². The molecule has 0 fully saturated rings. The average Bonchev–Trinajstić information content (AvgIpc) is 3.97. The summed E-state index contributed by atoms with van der Waals surface area (Å²) in [5, 5.41) is 4.63. The van der Waals surface area contributed by atoms with Crippen molar-refractivity contribution in [3.8, 4) is 22.3 Å². The molecule has 0 N–H and O–H groups in total. The van der Waals surface area contributed by atoms with Crippen LogP contribution in [0.2, 0.25) is 0 Å². The van der Waals surface area contributed by atoms with Gasteiger partial charge < -0.3 is 14.2 Å². The van der Waals surface area contributed by atoms with Gasteiger partial charge in [0, 0.05) is 38.8 Å². The van der Waals surface area contributed by atoms with E-state index in [1.807, 2.05) is 6.07 Å². The van der Waals surface area contributed by atoms with Crippen LogP contribution in [0.3, 0.4) is 0 Å². The highest BCUT2D eigenvalue weighted by Gasteiger charge is 2.52. The van der Waals surface area contributed by atoms with Crippen molar-refractivity contribution >= 4 is 66.8 Å². The number of anilines is 6. The molecule has 0 saturated heterocycles. The molecule has 10 aromatic carbocycles. The normalized spacial score (nSPS) is 14.5. The third-order valence-electron chi connectivity index (χ3n) is 13.2. The van der Waals surface area contributed by atoms with Gasteiger partial charge in [-0.2, -0.15) is 0 Å². The molecule has 3 nitrogen and oxygen atoms in total. The maximum Gasteiger partial charge on any atom is 0.159 e. The van der Waals surface area contributed by atoms with E-state index in [1.54, 1.807) is 0 Å². The molecular formula is C59H38N2O. The van der Waals surface area contributed by atoms with Crippen LogP contribution in [0.4, 0.5) is 34.1 Å². The lowest BCUT2D eigenvalue weighted by molar-refractivity contribution is 0.669. The molecule has 2 aliphatic rings. The summed E-state index contributed by atoms with van der Waals surface area (Å²) >= 11 is 0. The predicted octanol–water partition coefficient (Wildman–Crippen LogP) is 16.0. The molecule has 1 heterocycles. The molecule has 11 aromatic rings. The van der Waals surface area contributed by atoms with Crippen molar-refractivity contribution in [1.29, 1.82) is 0 Å². The van der Waals surface area contributed by atoms with Gasteiger partial charge in [-0.1, -0.05) is 170 Å². The van der Waals surface area contributed by atoms with Gasteiger partial charge in [-0.25, -0.2) is 0 Å². The van der Waals surface area contributed by atoms with Gasteiger partial charge in [0.15, 0.2) is 5.58 Å². The molecule has 62 heavy (non-hydrogen) atoms. The Bertz CT molecular complexity index is 3550. The van der Waals surface area contributed by atoms with Crippen LogP contribution < -0.4 is 9.80 Å². The standard InChI is InChI=1S/C59H38N2O/c1-3-20-40(21-4-1)60(53-32-15-19-39-18-7-8-24-43(39)53)42-36-37-45-44-25-9-12-29-49(44)59(52(45)38-42)50-30-13-10-27-48(50)57-51(59)31-17-33-54(57)61(41-22-5-2-6-23-41)55-34-16-28-47-46-26-11-14-35-56(46)62-58(47)55/h1-38H. The number of benzene rings is 10. The number of rotatable bonds is 6. The first-order chi connectivity index (χ1) is 30.8. The van der Waals surface area contributed by atoms with E-state index in [4.69, 9.17) is 4.42 Å². The predicted molar refractivity (Wildman–Crippen MR) is 257 cm³/mol. The van der Waals surface area contributed by atoms with Gasteiger partial charge in [-0.3, -0.25) is 0 Å². The van der Waals surface area contributed by atoms with E-state index < -0.39 is 5.41 Å². The molecule has 3 heteroatoms. The minimum absolute atomic E-state index is 0.585. The van der Waals surface area contributed by atoms with Crippen LogP contribution in [-0.2, 0) is 5.41 Å². The average molecular weight is 791 g/mol. The second-order valence-corrected chi connectivity index (χ2v) is 16.4. The lowest BCUT2D eigenvalue weighted by Crippen LogP contribution is -2.26. The van der Waals surface area contributed by atoms with Crippen LogP contribution in [0.1, 0.15) is 22.3 Å². The monoisotopic (exact) mass is 790 g/mol. The number of para-hydroxylation sites is 4. The summed E-state index contributed by atoms with van der Waals surface area (Å²) in [5.74, 6) is 0. The minimum atomic E-state index is -0.585. The molecular weight excluding hydrogens is 753 g/mol. The van der Waals surface area contributed by atoms with Crippen LogP contribution in [0, 0.1) is 0 Å². The fourth-order valence-corrected chi connectivity index (χ4v) is 10.8. The molecule has 0 aliphatic heterocycles. The third kappa shape index (κ3) is 4.82. The Morgan fingerprint density at radius 3 is 1.69 bits per heavy atom. The summed E-state index contributed by atoms with van der Waals surface area (Å²) in [6, 6.07) is 84.0. The van der Waals surface area contributed by atoms with E-state index in [0.717, 1.165) is 56.1 Å². The molecule has 1 unspecified atom stereocenters. The summed E-state index contributed by atoms with van der Waals surface area (Å²) < 4.78 is 6.77. The Morgan fingerprint density at radius 2 is 0.871 bits per heavy atom. The van der Waals surface area contributed by atoms with E-state index in [2.05, 4.69) is 234 Å². The number of nitrogens with zero attached hydrogens (tertiary/aromatic N) is 2. The van der Waals surface area contributed by atoms with Crippen molar-refractivity contribution in [1.82, 2.24) is 0 Å². The van der Waals surface area contributed by atoms with Crippen molar-refractivity contribution in [2.24, 2.45) is 0 Å². The van der Waals surface area contributed by atoms with Crippen molar-refractivity contribution in [3.05, 3.63) is 253 Å². The Kier molecular flexibility index (Phi) is 7.52. The number of furan rings is 1. The van der Waals surface area contributed by atoms with Gasteiger partial charge in [-0.15, -0.1) is 0 Å². The Labute approximate surface area is 360 Å². The van der Waals surface area contributed by atoms with Crippen molar-refractivity contribution in [2.45, 2.75) is 5.41 Å². The molecule has 0 radical (unpaired) electrons. The lowest BCUT2D eigenvalue weighted by atomic mass is 9.70. The minimum Gasteiger partial charge on any atom is -0.454 e. The zero-order valence-electron chi connectivity index (χ0n) is 33.7. The van der Waals surface area contributed by atoms with Crippen molar-refractivity contribution in [2.75, 3.05) is 9.80 Å². The molecule has 0 saturated carbocycles. The highest BCUT2D eigenvalue weighted by atomic mass is 16.3. The summed E-state index contributed by atoms with van der Waals surface area (Å²) in [5.41, 5.74) is 17.8. The number of hydrogen-bond donors (Lipinski definition) is 0.